The van der Waals surface area contributed by atoms with E-state index >= 15 is 0 Å². The minimum Gasteiger partial charge on any atom is -0.324 e. The highest BCUT2D eigenvalue weighted by Gasteiger charge is 2.38. The maximum Gasteiger partial charge on any atom is 0.284 e. The van der Waals surface area contributed by atoms with Crippen LogP contribution < -0.4 is 10.6 Å². The number of para-hydroxylation sites is 1. The standard InChI is InChI=1S/C15H13N3O2/c1-9(16)10-5-2-3-7-12(10)18-14(19)11-6-4-8-17-13(11)15(18)20/h2-9H,16H2,1H3. The van der Waals surface area contributed by atoms with E-state index < -0.39 is 5.91 Å². The van der Waals surface area contributed by atoms with Crippen LogP contribution in [0.4, 0.5) is 5.69 Å². The molecule has 0 spiro atoms. The highest BCUT2D eigenvalue weighted by molar-refractivity contribution is 6.33. The number of pyridine rings is 1. The molecule has 5 nitrogen and oxygen atoms in total. The summed E-state index contributed by atoms with van der Waals surface area (Å²) < 4.78 is 0. The van der Waals surface area contributed by atoms with Crippen LogP contribution in [0.3, 0.4) is 0 Å². The number of carbonyl (C=O) groups is 2. The van der Waals surface area contributed by atoms with Crippen molar-refractivity contribution in [2.24, 2.45) is 5.73 Å². The number of fused-ring (bicyclic) bond motifs is 1. The first-order valence-corrected chi connectivity index (χ1v) is 6.29. The Hall–Kier alpha value is -2.53. The molecule has 1 aliphatic heterocycles. The molecule has 5 heteroatoms. The van der Waals surface area contributed by atoms with E-state index in [9.17, 15) is 9.59 Å². The molecule has 2 amide bonds. The zero-order chi connectivity index (χ0) is 14.3. The van der Waals surface area contributed by atoms with Crippen LogP contribution in [0.15, 0.2) is 42.6 Å². The molecule has 0 aliphatic carbocycles. The molecule has 1 atom stereocenters. The molecule has 1 unspecified atom stereocenters. The smallest absolute Gasteiger partial charge is 0.284 e. The van der Waals surface area contributed by atoms with Crippen molar-refractivity contribution < 1.29 is 9.59 Å². The van der Waals surface area contributed by atoms with Gasteiger partial charge < -0.3 is 5.73 Å². The van der Waals surface area contributed by atoms with E-state index in [1.165, 1.54) is 6.20 Å². The molecule has 2 aromatic rings. The van der Waals surface area contributed by atoms with Crippen LogP contribution in [0.5, 0.6) is 0 Å². The molecule has 2 N–H and O–H groups in total. The van der Waals surface area contributed by atoms with Crippen molar-refractivity contribution >= 4 is 17.5 Å². The second-order valence-electron chi connectivity index (χ2n) is 4.69. The molecule has 2 heterocycles. The maximum atomic E-state index is 12.4. The highest BCUT2D eigenvalue weighted by Crippen LogP contribution is 2.31. The van der Waals surface area contributed by atoms with Crippen LogP contribution in [0.1, 0.15) is 39.4 Å². The number of benzene rings is 1. The van der Waals surface area contributed by atoms with E-state index in [1.54, 1.807) is 24.3 Å². The number of aromatic nitrogens is 1. The molecule has 1 aliphatic rings. The number of hydrogen-bond acceptors (Lipinski definition) is 4. The lowest BCUT2D eigenvalue weighted by Gasteiger charge is -2.19. The second kappa shape index (κ2) is 4.54. The average molecular weight is 267 g/mol. The van der Waals surface area contributed by atoms with Gasteiger partial charge >= 0.3 is 0 Å². The molecule has 0 bridgehead atoms. The number of hydrogen-bond donors (Lipinski definition) is 1. The first kappa shape index (κ1) is 12.5. The zero-order valence-corrected chi connectivity index (χ0v) is 10.9. The van der Waals surface area contributed by atoms with Gasteiger partial charge in [-0.25, -0.2) is 4.90 Å². The van der Waals surface area contributed by atoms with Gasteiger partial charge in [0.05, 0.1) is 11.3 Å². The van der Waals surface area contributed by atoms with Crippen LogP contribution in [0.25, 0.3) is 0 Å². The van der Waals surface area contributed by atoms with Crippen molar-refractivity contribution in [2.45, 2.75) is 13.0 Å². The normalized spacial score (nSPS) is 15.4. The lowest BCUT2D eigenvalue weighted by Crippen LogP contribution is -2.31. The fourth-order valence-electron chi connectivity index (χ4n) is 2.36. The number of imide groups is 1. The molecule has 1 aromatic heterocycles. The minimum absolute atomic E-state index is 0.192. The van der Waals surface area contributed by atoms with E-state index in [0.29, 0.717) is 11.3 Å². The summed E-state index contributed by atoms with van der Waals surface area (Å²) in [6.45, 7) is 1.81. The van der Waals surface area contributed by atoms with Crippen LogP contribution in [-0.2, 0) is 0 Å². The van der Waals surface area contributed by atoms with E-state index in [2.05, 4.69) is 4.98 Å². The quantitative estimate of drug-likeness (QED) is 0.843. The molecule has 20 heavy (non-hydrogen) atoms. The van der Waals surface area contributed by atoms with Crippen molar-refractivity contribution in [1.82, 2.24) is 4.98 Å². The molecule has 100 valence electrons. The summed E-state index contributed by atoms with van der Waals surface area (Å²) >= 11 is 0. The molecule has 0 fully saturated rings. The Kier molecular flexibility index (Phi) is 2.84. The summed E-state index contributed by atoms with van der Waals surface area (Å²) in [6.07, 6.45) is 1.50. The molecular weight excluding hydrogens is 254 g/mol. The van der Waals surface area contributed by atoms with Gasteiger partial charge in [0.2, 0.25) is 0 Å². The second-order valence-corrected chi connectivity index (χ2v) is 4.69. The number of anilines is 1. The van der Waals surface area contributed by atoms with Crippen molar-refractivity contribution in [1.29, 1.82) is 0 Å². The molecular formula is C15H13N3O2. The first-order chi connectivity index (χ1) is 9.61. The van der Waals surface area contributed by atoms with Gasteiger partial charge in [-0.2, -0.15) is 0 Å². The van der Waals surface area contributed by atoms with Crippen molar-refractivity contribution in [3.05, 3.63) is 59.4 Å². The van der Waals surface area contributed by atoms with Gasteiger partial charge in [-0.3, -0.25) is 14.6 Å². The lowest BCUT2D eigenvalue weighted by atomic mass is 10.1. The molecule has 0 saturated heterocycles. The van der Waals surface area contributed by atoms with Crippen LogP contribution in [0.2, 0.25) is 0 Å². The highest BCUT2D eigenvalue weighted by atomic mass is 16.2. The van der Waals surface area contributed by atoms with Crippen LogP contribution in [0, 0.1) is 0 Å². The van der Waals surface area contributed by atoms with Crippen LogP contribution in [-0.4, -0.2) is 16.8 Å². The van der Waals surface area contributed by atoms with Crippen molar-refractivity contribution in [3.63, 3.8) is 0 Å². The summed E-state index contributed by atoms with van der Waals surface area (Å²) in [5.74, 6) is -0.759. The molecule has 0 radical (unpaired) electrons. The summed E-state index contributed by atoms with van der Waals surface area (Å²) in [4.78, 5) is 29.9. The summed E-state index contributed by atoms with van der Waals surface area (Å²) in [7, 11) is 0. The number of rotatable bonds is 2. The largest absolute Gasteiger partial charge is 0.324 e. The SMILES string of the molecule is CC(N)c1ccccc1N1C(=O)c2cccnc2C1=O. The van der Waals surface area contributed by atoms with Crippen LogP contribution >= 0.6 is 0 Å². The third kappa shape index (κ3) is 1.71. The lowest BCUT2D eigenvalue weighted by molar-refractivity contribution is 0.0924. The van der Waals surface area contributed by atoms with E-state index in [4.69, 9.17) is 5.73 Å². The van der Waals surface area contributed by atoms with Gasteiger partial charge in [-0.1, -0.05) is 18.2 Å². The Bertz CT molecular complexity index is 675. The van der Waals surface area contributed by atoms with Gasteiger partial charge in [-0.05, 0) is 30.7 Å². The Balaban J connectivity index is 2.15. The van der Waals surface area contributed by atoms with E-state index in [1.807, 2.05) is 19.1 Å². The predicted molar refractivity (Wildman–Crippen MR) is 74.4 cm³/mol. The summed E-state index contributed by atoms with van der Waals surface area (Å²) in [5.41, 5.74) is 7.71. The van der Waals surface area contributed by atoms with Gasteiger partial charge in [0.15, 0.2) is 0 Å². The molecule has 3 rings (SSSR count). The third-order valence-corrected chi connectivity index (χ3v) is 3.32. The predicted octanol–water partition coefficient (Wildman–Crippen LogP) is 1.90. The Labute approximate surface area is 116 Å². The first-order valence-electron chi connectivity index (χ1n) is 6.29. The Morgan fingerprint density at radius 3 is 2.55 bits per heavy atom. The van der Waals surface area contributed by atoms with Gasteiger partial charge in [0.1, 0.15) is 5.69 Å². The molecule has 1 aromatic carbocycles. The fraction of sp³-hybridized carbons (Fsp3) is 0.133. The van der Waals surface area contributed by atoms with Gasteiger partial charge in [-0.15, -0.1) is 0 Å². The number of carbonyl (C=O) groups excluding carboxylic acids is 2. The van der Waals surface area contributed by atoms with E-state index in [0.717, 1.165) is 10.5 Å². The topological polar surface area (TPSA) is 76.3 Å². The number of nitrogens with zero attached hydrogens (tertiary/aromatic N) is 2. The van der Waals surface area contributed by atoms with Gasteiger partial charge in [0.25, 0.3) is 11.8 Å². The maximum absolute atomic E-state index is 12.4. The number of amides is 2. The summed E-state index contributed by atoms with van der Waals surface area (Å²) in [5, 5.41) is 0. The number of nitrogens with two attached hydrogens (primary N) is 1. The van der Waals surface area contributed by atoms with Gasteiger partial charge in [0, 0.05) is 12.2 Å². The Morgan fingerprint density at radius 2 is 1.85 bits per heavy atom. The third-order valence-electron chi connectivity index (χ3n) is 3.32. The minimum atomic E-state index is -0.404. The summed E-state index contributed by atoms with van der Waals surface area (Å²) in [6, 6.07) is 10.1. The van der Waals surface area contributed by atoms with Crippen molar-refractivity contribution in [2.75, 3.05) is 4.90 Å². The average Bonchev–Trinajstić information content (AvgIpc) is 2.71. The monoisotopic (exact) mass is 267 g/mol. The van der Waals surface area contributed by atoms with Crippen molar-refractivity contribution in [3.8, 4) is 0 Å². The Morgan fingerprint density at radius 1 is 1.10 bits per heavy atom. The van der Waals surface area contributed by atoms with E-state index in [-0.39, 0.29) is 17.6 Å². The molecule has 0 saturated carbocycles. The zero-order valence-electron chi connectivity index (χ0n) is 10.9. The fourth-order valence-corrected chi connectivity index (χ4v) is 2.36.